The molecule has 0 amide bonds. The van der Waals surface area contributed by atoms with Gasteiger partial charge in [-0.15, -0.1) is 5.10 Å². The Morgan fingerprint density at radius 2 is 2.00 bits per heavy atom. The molecule has 0 saturated carbocycles. The van der Waals surface area contributed by atoms with Crippen molar-refractivity contribution in [1.29, 1.82) is 0 Å². The Balaban J connectivity index is 2.69. The van der Waals surface area contributed by atoms with E-state index in [-0.39, 0.29) is 5.54 Å². The van der Waals surface area contributed by atoms with Crippen LogP contribution >= 0.6 is 11.5 Å². The molecule has 0 spiro atoms. The highest BCUT2D eigenvalue weighted by atomic mass is 32.1. The summed E-state index contributed by atoms with van der Waals surface area (Å²) >= 11 is 1.48. The largest absolute Gasteiger partial charge is 0.329 e. The van der Waals surface area contributed by atoms with Crippen LogP contribution in [0.3, 0.4) is 0 Å². The zero-order chi connectivity index (χ0) is 13.1. The average molecular weight is 256 g/mol. The molecule has 1 aromatic rings. The maximum atomic E-state index is 5.85. The number of aromatic nitrogens is 2. The normalized spacial score (nSPS) is 15.5. The third-order valence-corrected chi connectivity index (χ3v) is 4.22. The third kappa shape index (κ3) is 3.47. The Morgan fingerprint density at radius 1 is 1.35 bits per heavy atom. The summed E-state index contributed by atoms with van der Waals surface area (Å²) in [6.07, 6.45) is 0. The maximum Gasteiger partial charge on any atom is 0.0826 e. The summed E-state index contributed by atoms with van der Waals surface area (Å²) in [6.45, 7) is 12.3. The fraction of sp³-hybridized carbons (Fsp3) is 0.833. The van der Waals surface area contributed by atoms with Gasteiger partial charge in [-0.25, -0.2) is 0 Å². The van der Waals surface area contributed by atoms with Crippen LogP contribution in [-0.2, 0) is 6.54 Å². The second-order valence-electron chi connectivity index (χ2n) is 5.37. The van der Waals surface area contributed by atoms with Gasteiger partial charge in [-0.2, -0.15) is 0 Å². The van der Waals surface area contributed by atoms with Gasteiger partial charge in [-0.3, -0.25) is 0 Å². The Morgan fingerprint density at radius 3 is 2.47 bits per heavy atom. The molecule has 17 heavy (non-hydrogen) atoms. The van der Waals surface area contributed by atoms with Crippen LogP contribution in [0.15, 0.2) is 0 Å². The lowest BCUT2D eigenvalue weighted by Crippen LogP contribution is -2.52. The molecule has 0 fully saturated rings. The van der Waals surface area contributed by atoms with Gasteiger partial charge in [0.1, 0.15) is 0 Å². The second-order valence-corrected chi connectivity index (χ2v) is 6.20. The van der Waals surface area contributed by atoms with Crippen LogP contribution < -0.4 is 11.1 Å². The first kappa shape index (κ1) is 14.5. The van der Waals surface area contributed by atoms with Crippen LogP contribution in [0.1, 0.15) is 51.1 Å². The van der Waals surface area contributed by atoms with Crippen molar-refractivity contribution in [3.63, 3.8) is 0 Å². The van der Waals surface area contributed by atoms with Gasteiger partial charge in [-0.1, -0.05) is 32.2 Å². The summed E-state index contributed by atoms with van der Waals surface area (Å²) in [7, 11) is 0. The predicted octanol–water partition coefficient (Wildman–Crippen LogP) is 2.12. The molecule has 0 saturated heterocycles. The Labute approximate surface area is 108 Å². The van der Waals surface area contributed by atoms with E-state index >= 15 is 0 Å². The minimum Gasteiger partial charge on any atom is -0.329 e. The summed E-state index contributed by atoms with van der Waals surface area (Å²) in [6, 6.07) is 0. The van der Waals surface area contributed by atoms with E-state index in [2.05, 4.69) is 49.5 Å². The van der Waals surface area contributed by atoms with Gasteiger partial charge < -0.3 is 11.1 Å². The van der Waals surface area contributed by atoms with Crippen LogP contribution in [0.5, 0.6) is 0 Å². The summed E-state index contributed by atoms with van der Waals surface area (Å²) in [5, 5.41) is 7.73. The van der Waals surface area contributed by atoms with Gasteiger partial charge in [0.15, 0.2) is 0 Å². The number of rotatable bonds is 6. The molecule has 1 atom stereocenters. The number of nitrogens with two attached hydrogens (primary N) is 1. The molecule has 98 valence electrons. The van der Waals surface area contributed by atoms with Gasteiger partial charge in [0, 0.05) is 18.6 Å². The smallest absolute Gasteiger partial charge is 0.0826 e. The van der Waals surface area contributed by atoms with E-state index in [4.69, 9.17) is 5.73 Å². The highest BCUT2D eigenvalue weighted by molar-refractivity contribution is 7.05. The fourth-order valence-electron chi connectivity index (χ4n) is 1.57. The van der Waals surface area contributed by atoms with Crippen molar-refractivity contribution in [2.24, 2.45) is 11.7 Å². The van der Waals surface area contributed by atoms with Crippen molar-refractivity contribution < 1.29 is 0 Å². The van der Waals surface area contributed by atoms with E-state index < -0.39 is 0 Å². The van der Waals surface area contributed by atoms with E-state index in [1.165, 1.54) is 16.4 Å². The van der Waals surface area contributed by atoms with E-state index in [0.29, 0.717) is 18.4 Å². The number of nitrogens with one attached hydrogen (secondary N) is 1. The summed E-state index contributed by atoms with van der Waals surface area (Å²) < 4.78 is 4.04. The van der Waals surface area contributed by atoms with E-state index in [0.717, 1.165) is 12.2 Å². The van der Waals surface area contributed by atoms with Crippen molar-refractivity contribution in [2.75, 3.05) is 6.54 Å². The van der Waals surface area contributed by atoms with Gasteiger partial charge in [0.25, 0.3) is 0 Å². The highest BCUT2D eigenvalue weighted by Gasteiger charge is 2.26. The molecule has 4 nitrogen and oxygen atoms in total. The molecule has 1 aromatic heterocycles. The van der Waals surface area contributed by atoms with Crippen LogP contribution in [-0.4, -0.2) is 21.7 Å². The molecule has 0 aliphatic heterocycles. The lowest BCUT2D eigenvalue weighted by atomic mass is 9.88. The molecular weight excluding hydrogens is 232 g/mol. The maximum absolute atomic E-state index is 5.85. The molecule has 1 heterocycles. The second kappa shape index (κ2) is 5.89. The first-order valence-electron chi connectivity index (χ1n) is 6.17. The monoisotopic (exact) mass is 256 g/mol. The highest BCUT2D eigenvalue weighted by Crippen LogP contribution is 2.21. The Kier molecular flexibility index (Phi) is 5.04. The molecular formula is C12H24N4S. The van der Waals surface area contributed by atoms with Crippen molar-refractivity contribution in [1.82, 2.24) is 14.9 Å². The van der Waals surface area contributed by atoms with Gasteiger partial charge >= 0.3 is 0 Å². The first-order valence-corrected chi connectivity index (χ1v) is 6.94. The van der Waals surface area contributed by atoms with Crippen molar-refractivity contribution in [3.05, 3.63) is 10.6 Å². The molecule has 0 bridgehead atoms. The SMILES string of the molecule is CC(C)c1nnsc1CNC(C)(CN)C(C)C. The quantitative estimate of drug-likeness (QED) is 0.818. The minimum absolute atomic E-state index is 0.0295. The molecule has 0 aromatic carbocycles. The zero-order valence-corrected chi connectivity index (χ0v) is 12.3. The summed E-state index contributed by atoms with van der Waals surface area (Å²) in [4.78, 5) is 1.22. The number of hydrogen-bond donors (Lipinski definition) is 2. The first-order chi connectivity index (χ1) is 7.90. The molecule has 0 aliphatic rings. The van der Waals surface area contributed by atoms with Crippen molar-refractivity contribution >= 4 is 11.5 Å². The summed E-state index contributed by atoms with van der Waals surface area (Å²) in [5.74, 6) is 0.921. The molecule has 0 radical (unpaired) electrons. The van der Waals surface area contributed by atoms with Crippen LogP contribution in [0.2, 0.25) is 0 Å². The lowest BCUT2D eigenvalue weighted by molar-refractivity contribution is 0.267. The number of nitrogens with zero attached hydrogens (tertiary/aromatic N) is 2. The molecule has 0 aliphatic carbocycles. The van der Waals surface area contributed by atoms with Crippen molar-refractivity contribution in [2.45, 2.75) is 52.6 Å². The minimum atomic E-state index is -0.0295. The lowest BCUT2D eigenvalue weighted by Gasteiger charge is -2.33. The standard InChI is InChI=1S/C12H24N4S/c1-8(2)11-10(17-16-15-11)6-14-12(5,7-13)9(3)4/h8-9,14H,6-7,13H2,1-5H3. The van der Waals surface area contributed by atoms with Crippen LogP contribution in [0.4, 0.5) is 0 Å². The Hall–Kier alpha value is -0.520. The number of hydrogen-bond acceptors (Lipinski definition) is 5. The molecule has 3 N–H and O–H groups in total. The van der Waals surface area contributed by atoms with Crippen LogP contribution in [0.25, 0.3) is 0 Å². The van der Waals surface area contributed by atoms with Crippen LogP contribution in [0, 0.1) is 5.92 Å². The summed E-state index contributed by atoms with van der Waals surface area (Å²) in [5.41, 5.74) is 6.93. The molecule has 1 rings (SSSR count). The van der Waals surface area contributed by atoms with Crippen molar-refractivity contribution in [3.8, 4) is 0 Å². The van der Waals surface area contributed by atoms with E-state index in [1.54, 1.807) is 0 Å². The molecule has 5 heteroatoms. The van der Waals surface area contributed by atoms with Gasteiger partial charge in [-0.05, 0) is 30.3 Å². The molecule has 1 unspecified atom stereocenters. The Bertz CT molecular complexity index is 348. The zero-order valence-electron chi connectivity index (χ0n) is 11.4. The third-order valence-electron chi connectivity index (χ3n) is 3.48. The van der Waals surface area contributed by atoms with Gasteiger partial charge in [0.05, 0.1) is 10.6 Å². The average Bonchev–Trinajstić information content (AvgIpc) is 2.73. The van der Waals surface area contributed by atoms with E-state index in [1.807, 2.05) is 0 Å². The fourth-order valence-corrected chi connectivity index (χ4v) is 2.30. The topological polar surface area (TPSA) is 63.8 Å². The van der Waals surface area contributed by atoms with Gasteiger partial charge in [0.2, 0.25) is 0 Å². The predicted molar refractivity (Wildman–Crippen MR) is 73.1 cm³/mol. The van der Waals surface area contributed by atoms with E-state index in [9.17, 15) is 0 Å².